The van der Waals surface area contributed by atoms with Crippen LogP contribution in [0.5, 0.6) is 0 Å². The number of imide groups is 1. The molecule has 7 nitrogen and oxygen atoms in total. The molecule has 0 bridgehead atoms. The number of nitrogens with zero attached hydrogens (tertiary/aromatic N) is 2. The number of hydrogen-bond donors (Lipinski definition) is 2. The molecular formula is C10H9N3O4. The molecular weight excluding hydrogens is 226 g/mol. The highest BCUT2D eigenvalue weighted by atomic mass is 16.4. The third-order valence-electron chi connectivity index (χ3n) is 2.54. The molecule has 0 unspecified atom stereocenters. The van der Waals surface area contributed by atoms with E-state index in [2.05, 4.69) is 4.98 Å². The molecule has 17 heavy (non-hydrogen) atoms. The first-order valence-corrected chi connectivity index (χ1v) is 4.76. The highest BCUT2D eigenvalue weighted by Gasteiger charge is 2.39. The molecule has 3 N–H and O–H groups in total. The summed E-state index contributed by atoms with van der Waals surface area (Å²) in [7, 11) is 0. The summed E-state index contributed by atoms with van der Waals surface area (Å²) in [4.78, 5) is 38.7. The van der Waals surface area contributed by atoms with Gasteiger partial charge in [0.05, 0.1) is 22.5 Å². The molecule has 1 aromatic rings. The summed E-state index contributed by atoms with van der Waals surface area (Å²) >= 11 is 0. The van der Waals surface area contributed by atoms with Gasteiger partial charge in [0.2, 0.25) is 0 Å². The molecule has 1 aromatic heterocycles. The Morgan fingerprint density at radius 3 is 2.71 bits per heavy atom. The Morgan fingerprint density at radius 1 is 1.47 bits per heavy atom. The van der Waals surface area contributed by atoms with Crippen LogP contribution < -0.4 is 5.73 Å². The summed E-state index contributed by atoms with van der Waals surface area (Å²) in [5.74, 6) is -2.62. The number of amides is 2. The first-order chi connectivity index (χ1) is 7.93. The van der Waals surface area contributed by atoms with E-state index in [0.717, 1.165) is 0 Å². The summed E-state index contributed by atoms with van der Waals surface area (Å²) < 4.78 is 0. The lowest BCUT2D eigenvalue weighted by Gasteiger charge is -2.09. The lowest BCUT2D eigenvalue weighted by Crippen LogP contribution is -2.34. The third kappa shape index (κ3) is 1.52. The van der Waals surface area contributed by atoms with Crippen molar-refractivity contribution in [2.24, 2.45) is 0 Å². The second kappa shape index (κ2) is 3.55. The van der Waals surface area contributed by atoms with Gasteiger partial charge in [-0.3, -0.25) is 24.3 Å². The van der Waals surface area contributed by atoms with Gasteiger partial charge in [-0.15, -0.1) is 0 Å². The molecule has 0 saturated carbocycles. The summed E-state index contributed by atoms with van der Waals surface area (Å²) in [5, 5.41) is 8.62. The number of anilines is 1. The van der Waals surface area contributed by atoms with Crippen molar-refractivity contribution in [2.75, 3.05) is 12.3 Å². The normalized spacial score (nSPS) is 14.1. The molecule has 0 aliphatic carbocycles. The van der Waals surface area contributed by atoms with Crippen molar-refractivity contribution in [3.8, 4) is 0 Å². The lowest BCUT2D eigenvalue weighted by molar-refractivity contribution is -0.137. The van der Waals surface area contributed by atoms with E-state index >= 15 is 0 Å². The number of aryl methyl sites for hydroxylation is 1. The number of pyridine rings is 1. The van der Waals surface area contributed by atoms with E-state index < -0.39 is 24.3 Å². The number of nitrogen functional groups attached to an aromatic ring is 1. The van der Waals surface area contributed by atoms with Crippen molar-refractivity contribution in [3.05, 3.63) is 23.0 Å². The van der Waals surface area contributed by atoms with Gasteiger partial charge in [0, 0.05) is 6.20 Å². The second-order valence-electron chi connectivity index (χ2n) is 3.64. The number of aromatic nitrogens is 1. The molecule has 2 rings (SSSR count). The average molecular weight is 235 g/mol. The smallest absolute Gasteiger partial charge is 0.323 e. The van der Waals surface area contributed by atoms with Gasteiger partial charge in [0.25, 0.3) is 11.8 Å². The van der Waals surface area contributed by atoms with Crippen molar-refractivity contribution in [1.82, 2.24) is 9.88 Å². The molecule has 7 heteroatoms. The maximum absolute atomic E-state index is 11.8. The molecule has 1 aliphatic rings. The van der Waals surface area contributed by atoms with Gasteiger partial charge in [0.1, 0.15) is 6.54 Å². The monoisotopic (exact) mass is 235 g/mol. The maximum atomic E-state index is 11.8. The van der Waals surface area contributed by atoms with Gasteiger partial charge in [0.15, 0.2) is 0 Å². The topological polar surface area (TPSA) is 114 Å². The molecule has 0 radical (unpaired) electrons. The van der Waals surface area contributed by atoms with Crippen molar-refractivity contribution in [1.29, 1.82) is 0 Å². The summed E-state index contributed by atoms with van der Waals surface area (Å²) in [6.07, 6.45) is 1.24. The fourth-order valence-corrected chi connectivity index (χ4v) is 1.67. The highest BCUT2D eigenvalue weighted by molar-refractivity contribution is 6.24. The third-order valence-corrected chi connectivity index (χ3v) is 2.54. The zero-order valence-electron chi connectivity index (χ0n) is 8.93. The number of carbonyl (C=O) groups is 3. The predicted molar refractivity (Wildman–Crippen MR) is 56.4 cm³/mol. The van der Waals surface area contributed by atoms with Gasteiger partial charge in [-0.2, -0.15) is 0 Å². The summed E-state index contributed by atoms with van der Waals surface area (Å²) in [6, 6.07) is 0. The van der Waals surface area contributed by atoms with Crippen LogP contribution in [0.2, 0.25) is 0 Å². The number of hydrogen-bond acceptors (Lipinski definition) is 5. The minimum absolute atomic E-state index is 0.0451. The molecule has 0 saturated heterocycles. The quantitative estimate of drug-likeness (QED) is 0.677. The van der Waals surface area contributed by atoms with E-state index in [1.807, 2.05) is 0 Å². The number of carboxylic acid groups (broad SMARTS) is 1. The number of fused-ring (bicyclic) bond motifs is 1. The SMILES string of the molecule is Cc1ncc2c(c1N)C(=O)N(CC(=O)O)C2=O. The molecule has 0 atom stereocenters. The second-order valence-corrected chi connectivity index (χ2v) is 3.64. The first-order valence-electron chi connectivity index (χ1n) is 4.76. The van der Waals surface area contributed by atoms with Crippen LogP contribution in [-0.4, -0.2) is 39.3 Å². The Hall–Kier alpha value is -2.44. The summed E-state index contributed by atoms with van der Waals surface area (Å²) in [6.45, 7) is 0.929. The zero-order valence-corrected chi connectivity index (χ0v) is 8.93. The molecule has 2 amide bonds. The number of aliphatic carboxylic acids is 1. The minimum Gasteiger partial charge on any atom is -0.480 e. The molecule has 0 fully saturated rings. The van der Waals surface area contributed by atoms with E-state index in [-0.39, 0.29) is 16.8 Å². The fourth-order valence-electron chi connectivity index (χ4n) is 1.67. The van der Waals surface area contributed by atoms with Crippen LogP contribution in [-0.2, 0) is 4.79 Å². The Balaban J connectivity index is 2.53. The van der Waals surface area contributed by atoms with Crippen LogP contribution in [0.1, 0.15) is 26.4 Å². The number of carbonyl (C=O) groups excluding carboxylic acids is 2. The van der Waals surface area contributed by atoms with E-state index in [1.165, 1.54) is 6.20 Å². The Labute approximate surface area is 95.8 Å². The van der Waals surface area contributed by atoms with Crippen LogP contribution in [0.4, 0.5) is 5.69 Å². The van der Waals surface area contributed by atoms with Gasteiger partial charge < -0.3 is 10.8 Å². The lowest BCUT2D eigenvalue weighted by atomic mass is 10.1. The molecule has 2 heterocycles. The Kier molecular flexibility index (Phi) is 2.31. The van der Waals surface area contributed by atoms with Crippen LogP contribution >= 0.6 is 0 Å². The van der Waals surface area contributed by atoms with E-state index in [0.29, 0.717) is 10.6 Å². The first kappa shape index (κ1) is 11.1. The van der Waals surface area contributed by atoms with Crippen molar-refractivity contribution in [3.63, 3.8) is 0 Å². The Morgan fingerprint density at radius 2 is 2.12 bits per heavy atom. The van der Waals surface area contributed by atoms with Gasteiger partial charge in [-0.25, -0.2) is 0 Å². The highest BCUT2D eigenvalue weighted by Crippen LogP contribution is 2.28. The average Bonchev–Trinajstić information content (AvgIpc) is 2.48. The van der Waals surface area contributed by atoms with Gasteiger partial charge >= 0.3 is 5.97 Å². The standard InChI is InChI=1S/C10H9N3O4/c1-4-8(11)7-5(2-12-4)9(16)13(10(7)17)3-6(14)15/h2H,3,11H2,1H3,(H,14,15). The fraction of sp³-hybridized carbons (Fsp3) is 0.200. The molecule has 1 aliphatic heterocycles. The van der Waals surface area contributed by atoms with Crippen molar-refractivity contribution < 1.29 is 19.5 Å². The van der Waals surface area contributed by atoms with Crippen molar-refractivity contribution >= 4 is 23.5 Å². The van der Waals surface area contributed by atoms with E-state index in [9.17, 15) is 14.4 Å². The van der Waals surface area contributed by atoms with Crippen LogP contribution in [0.25, 0.3) is 0 Å². The van der Waals surface area contributed by atoms with E-state index in [1.54, 1.807) is 6.92 Å². The van der Waals surface area contributed by atoms with Crippen molar-refractivity contribution in [2.45, 2.75) is 6.92 Å². The number of rotatable bonds is 2. The van der Waals surface area contributed by atoms with Crippen LogP contribution in [0.3, 0.4) is 0 Å². The minimum atomic E-state index is -1.26. The maximum Gasteiger partial charge on any atom is 0.323 e. The predicted octanol–water partition coefficient (Wildman–Crippen LogP) is -0.347. The van der Waals surface area contributed by atoms with Gasteiger partial charge in [-0.05, 0) is 6.92 Å². The van der Waals surface area contributed by atoms with Crippen LogP contribution in [0.15, 0.2) is 6.20 Å². The van der Waals surface area contributed by atoms with Gasteiger partial charge in [-0.1, -0.05) is 0 Å². The molecule has 88 valence electrons. The molecule has 0 aromatic carbocycles. The van der Waals surface area contributed by atoms with Crippen LogP contribution in [0, 0.1) is 6.92 Å². The van der Waals surface area contributed by atoms with E-state index in [4.69, 9.17) is 10.8 Å². The molecule has 0 spiro atoms. The Bertz CT molecular complexity index is 553. The number of carboxylic acids is 1. The zero-order chi connectivity index (χ0) is 12.7. The largest absolute Gasteiger partial charge is 0.480 e. The number of nitrogens with two attached hydrogens (primary N) is 1. The summed E-state index contributed by atoms with van der Waals surface area (Å²) in [5.41, 5.74) is 6.32.